The Hall–Kier alpha value is -2.83. The van der Waals surface area contributed by atoms with Gasteiger partial charge >= 0.3 is 0 Å². The highest BCUT2D eigenvalue weighted by Crippen LogP contribution is 2.18. The minimum Gasteiger partial charge on any atom is -0.489 e. The molecule has 128 valence electrons. The predicted octanol–water partition coefficient (Wildman–Crippen LogP) is 1.74. The molecule has 1 aromatic heterocycles. The quantitative estimate of drug-likeness (QED) is 0.806. The largest absolute Gasteiger partial charge is 0.489 e. The zero-order valence-corrected chi connectivity index (χ0v) is 14.0. The van der Waals surface area contributed by atoms with Gasteiger partial charge in [0.25, 0.3) is 5.91 Å². The van der Waals surface area contributed by atoms with Gasteiger partial charge in [-0.1, -0.05) is 11.2 Å². The summed E-state index contributed by atoms with van der Waals surface area (Å²) in [4.78, 5) is 23.5. The summed E-state index contributed by atoms with van der Waals surface area (Å²) in [5.41, 5.74) is 2.10. The van der Waals surface area contributed by atoms with E-state index in [1.165, 1.54) is 0 Å². The lowest BCUT2D eigenvalue weighted by atomic mass is 10.2. The summed E-state index contributed by atoms with van der Waals surface area (Å²) >= 11 is 0. The van der Waals surface area contributed by atoms with Gasteiger partial charge in [0.05, 0.1) is 17.8 Å². The third kappa shape index (κ3) is 4.58. The normalized spacial score (nSPS) is 10.3. The van der Waals surface area contributed by atoms with Crippen molar-refractivity contribution in [2.75, 3.05) is 13.1 Å². The molecule has 0 aliphatic heterocycles. The molecule has 0 saturated heterocycles. The molecule has 7 heteroatoms. The summed E-state index contributed by atoms with van der Waals surface area (Å²) in [6.07, 6.45) is 0. The van der Waals surface area contributed by atoms with Gasteiger partial charge in [-0.2, -0.15) is 0 Å². The van der Waals surface area contributed by atoms with Crippen molar-refractivity contribution in [1.29, 1.82) is 0 Å². The second-order valence-electron chi connectivity index (χ2n) is 5.26. The van der Waals surface area contributed by atoms with E-state index in [1.807, 2.05) is 20.8 Å². The first-order chi connectivity index (χ1) is 11.5. The molecule has 0 radical (unpaired) electrons. The highest BCUT2D eigenvalue weighted by atomic mass is 16.5. The molecule has 7 nitrogen and oxygen atoms in total. The van der Waals surface area contributed by atoms with Crippen LogP contribution in [0, 0.1) is 13.8 Å². The SMILES string of the molecule is CCNC(=O)CNC(=O)c1cccc(OCc2c(C)noc2C)c1. The average molecular weight is 331 g/mol. The monoisotopic (exact) mass is 331 g/mol. The van der Waals surface area contributed by atoms with Gasteiger partial charge in [-0.25, -0.2) is 0 Å². The maximum absolute atomic E-state index is 12.1. The van der Waals surface area contributed by atoms with Crippen LogP contribution in [0.1, 0.15) is 34.3 Å². The van der Waals surface area contributed by atoms with E-state index < -0.39 is 0 Å². The minimum absolute atomic E-state index is 0.0587. The number of amides is 2. The van der Waals surface area contributed by atoms with Crippen LogP contribution >= 0.6 is 0 Å². The Morgan fingerprint density at radius 2 is 2.04 bits per heavy atom. The number of carbonyl (C=O) groups excluding carboxylic acids is 2. The maximum Gasteiger partial charge on any atom is 0.251 e. The number of rotatable bonds is 7. The molecule has 0 bridgehead atoms. The molecule has 0 unspecified atom stereocenters. The van der Waals surface area contributed by atoms with Crippen LogP contribution in [-0.4, -0.2) is 30.1 Å². The fraction of sp³-hybridized carbons (Fsp3) is 0.353. The first-order valence-corrected chi connectivity index (χ1v) is 7.70. The van der Waals surface area contributed by atoms with Crippen LogP contribution in [0.2, 0.25) is 0 Å². The number of nitrogens with zero attached hydrogens (tertiary/aromatic N) is 1. The molecule has 0 aliphatic carbocycles. The lowest BCUT2D eigenvalue weighted by molar-refractivity contribution is -0.120. The molecule has 1 heterocycles. The second-order valence-corrected chi connectivity index (χ2v) is 5.26. The second kappa shape index (κ2) is 8.14. The lowest BCUT2D eigenvalue weighted by Crippen LogP contribution is -2.36. The molecule has 0 atom stereocenters. The third-order valence-corrected chi connectivity index (χ3v) is 3.44. The van der Waals surface area contributed by atoms with E-state index in [-0.39, 0.29) is 18.4 Å². The van der Waals surface area contributed by atoms with Crippen LogP contribution in [0.3, 0.4) is 0 Å². The molecule has 2 aromatic rings. The van der Waals surface area contributed by atoms with Crippen molar-refractivity contribution in [2.45, 2.75) is 27.4 Å². The maximum atomic E-state index is 12.1. The van der Waals surface area contributed by atoms with Crippen molar-refractivity contribution in [3.63, 3.8) is 0 Å². The number of hydrogen-bond acceptors (Lipinski definition) is 5. The van der Waals surface area contributed by atoms with Crippen LogP contribution in [0.5, 0.6) is 5.75 Å². The van der Waals surface area contributed by atoms with E-state index in [0.717, 1.165) is 11.3 Å². The lowest BCUT2D eigenvalue weighted by Gasteiger charge is -2.09. The topological polar surface area (TPSA) is 93.5 Å². The van der Waals surface area contributed by atoms with Crippen LogP contribution in [0.4, 0.5) is 0 Å². The van der Waals surface area contributed by atoms with Gasteiger partial charge in [-0.3, -0.25) is 9.59 Å². The van der Waals surface area contributed by atoms with Crippen molar-refractivity contribution in [2.24, 2.45) is 0 Å². The van der Waals surface area contributed by atoms with Gasteiger partial charge in [0.1, 0.15) is 18.1 Å². The molecule has 0 fully saturated rings. The first-order valence-electron chi connectivity index (χ1n) is 7.70. The van der Waals surface area contributed by atoms with E-state index in [2.05, 4.69) is 15.8 Å². The number of likely N-dealkylation sites (N-methyl/N-ethyl adjacent to an activating group) is 1. The summed E-state index contributed by atoms with van der Waals surface area (Å²) in [6.45, 7) is 6.27. The van der Waals surface area contributed by atoms with Gasteiger partial charge in [-0.15, -0.1) is 0 Å². The Morgan fingerprint density at radius 3 is 2.71 bits per heavy atom. The number of ether oxygens (including phenoxy) is 1. The number of nitrogens with one attached hydrogen (secondary N) is 2. The Kier molecular flexibility index (Phi) is 5.95. The van der Waals surface area contributed by atoms with Gasteiger partial charge in [0.2, 0.25) is 5.91 Å². The van der Waals surface area contributed by atoms with Gasteiger partial charge in [-0.05, 0) is 39.0 Å². The Bertz CT molecular complexity index is 705. The standard InChI is InChI=1S/C17H21N3O4/c1-4-18-16(21)9-19-17(22)13-6-5-7-14(8-13)23-10-15-11(2)20-24-12(15)3/h5-8H,4,9-10H2,1-3H3,(H,18,21)(H,19,22). The summed E-state index contributed by atoms with van der Waals surface area (Å²) in [5, 5.41) is 9.06. The third-order valence-electron chi connectivity index (χ3n) is 3.44. The summed E-state index contributed by atoms with van der Waals surface area (Å²) < 4.78 is 10.8. The van der Waals surface area contributed by atoms with Crippen molar-refractivity contribution in [1.82, 2.24) is 15.8 Å². The fourth-order valence-corrected chi connectivity index (χ4v) is 2.11. The van der Waals surface area contributed by atoms with Gasteiger partial charge < -0.3 is 19.9 Å². The highest BCUT2D eigenvalue weighted by molar-refractivity contribution is 5.96. The van der Waals surface area contributed by atoms with Gasteiger partial charge in [0, 0.05) is 12.1 Å². The van der Waals surface area contributed by atoms with Crippen LogP contribution in [-0.2, 0) is 11.4 Å². The highest BCUT2D eigenvalue weighted by Gasteiger charge is 2.11. The molecular weight excluding hydrogens is 310 g/mol. The molecule has 2 N–H and O–H groups in total. The molecular formula is C17H21N3O4. The van der Waals surface area contributed by atoms with E-state index in [9.17, 15) is 9.59 Å². The number of carbonyl (C=O) groups is 2. The Morgan fingerprint density at radius 1 is 1.25 bits per heavy atom. The van der Waals surface area contributed by atoms with Crippen LogP contribution in [0.15, 0.2) is 28.8 Å². The Balaban J connectivity index is 1.95. The molecule has 24 heavy (non-hydrogen) atoms. The molecule has 0 aliphatic rings. The summed E-state index contributed by atoms with van der Waals surface area (Å²) in [6, 6.07) is 6.78. The smallest absolute Gasteiger partial charge is 0.251 e. The first kappa shape index (κ1) is 17.5. The molecule has 0 spiro atoms. The predicted molar refractivity (Wildman–Crippen MR) is 87.8 cm³/mol. The van der Waals surface area contributed by atoms with Gasteiger partial charge in [0.15, 0.2) is 0 Å². The summed E-state index contributed by atoms with van der Waals surface area (Å²) in [5.74, 6) is 0.713. The number of hydrogen-bond donors (Lipinski definition) is 2. The van der Waals surface area contributed by atoms with Crippen molar-refractivity contribution >= 4 is 11.8 Å². The number of benzene rings is 1. The van der Waals surface area contributed by atoms with Crippen molar-refractivity contribution in [3.8, 4) is 5.75 Å². The molecule has 1 aromatic carbocycles. The van der Waals surface area contributed by atoms with E-state index in [1.54, 1.807) is 24.3 Å². The zero-order chi connectivity index (χ0) is 17.5. The number of aryl methyl sites for hydroxylation is 2. The van der Waals surface area contributed by atoms with E-state index >= 15 is 0 Å². The average Bonchev–Trinajstić information content (AvgIpc) is 2.89. The number of aromatic nitrogens is 1. The molecule has 2 rings (SSSR count). The van der Waals surface area contributed by atoms with E-state index in [4.69, 9.17) is 9.26 Å². The van der Waals surface area contributed by atoms with E-state index in [0.29, 0.717) is 30.2 Å². The molecule has 2 amide bonds. The minimum atomic E-state index is -0.330. The van der Waals surface area contributed by atoms with Crippen molar-refractivity contribution < 1.29 is 18.8 Å². The summed E-state index contributed by atoms with van der Waals surface area (Å²) in [7, 11) is 0. The van der Waals surface area contributed by atoms with Crippen LogP contribution in [0.25, 0.3) is 0 Å². The molecule has 0 saturated carbocycles. The Labute approximate surface area is 140 Å². The fourth-order valence-electron chi connectivity index (χ4n) is 2.11. The van der Waals surface area contributed by atoms with Crippen molar-refractivity contribution in [3.05, 3.63) is 46.8 Å². The van der Waals surface area contributed by atoms with Crippen LogP contribution < -0.4 is 15.4 Å². The zero-order valence-electron chi connectivity index (χ0n) is 14.0.